The summed E-state index contributed by atoms with van der Waals surface area (Å²) < 4.78 is 7.02. The minimum absolute atomic E-state index is 0.0216. The van der Waals surface area contributed by atoms with Crippen LogP contribution < -0.4 is 10.5 Å². The fourth-order valence-electron chi connectivity index (χ4n) is 2.24. The van der Waals surface area contributed by atoms with E-state index in [2.05, 4.69) is 23.3 Å². The molecule has 1 heterocycles. The van der Waals surface area contributed by atoms with Gasteiger partial charge in [-0.2, -0.15) is 5.10 Å². The minimum atomic E-state index is 0.0216. The molecular formula is C15H21N3O. The number of hydrogen-bond donors (Lipinski definition) is 1. The predicted octanol–water partition coefficient (Wildman–Crippen LogP) is 2.37. The number of hydrogen-bond acceptors (Lipinski definition) is 3. The van der Waals surface area contributed by atoms with Gasteiger partial charge in [-0.05, 0) is 43.5 Å². The third-order valence-corrected chi connectivity index (χ3v) is 3.32. The maximum atomic E-state index is 6.23. The van der Waals surface area contributed by atoms with E-state index in [0.29, 0.717) is 0 Å². The van der Waals surface area contributed by atoms with E-state index in [0.717, 1.165) is 30.0 Å². The first-order valence-electron chi connectivity index (χ1n) is 6.49. The van der Waals surface area contributed by atoms with Crippen molar-refractivity contribution in [3.8, 4) is 5.75 Å². The molecule has 1 aromatic carbocycles. The maximum absolute atomic E-state index is 6.23. The van der Waals surface area contributed by atoms with Crippen LogP contribution >= 0.6 is 0 Å². The van der Waals surface area contributed by atoms with Gasteiger partial charge in [-0.1, -0.05) is 12.1 Å². The Morgan fingerprint density at radius 1 is 1.32 bits per heavy atom. The van der Waals surface area contributed by atoms with Crippen molar-refractivity contribution in [1.29, 1.82) is 0 Å². The second kappa shape index (κ2) is 5.89. The molecule has 0 aliphatic heterocycles. The fourth-order valence-corrected chi connectivity index (χ4v) is 2.24. The molecule has 0 radical (unpaired) electrons. The van der Waals surface area contributed by atoms with E-state index >= 15 is 0 Å². The molecule has 4 heteroatoms. The summed E-state index contributed by atoms with van der Waals surface area (Å²) >= 11 is 0. The first-order valence-corrected chi connectivity index (χ1v) is 6.49. The molecule has 0 saturated carbocycles. The van der Waals surface area contributed by atoms with Gasteiger partial charge in [0.25, 0.3) is 0 Å². The molecule has 2 rings (SSSR count). The summed E-state index contributed by atoms with van der Waals surface area (Å²) in [6, 6.07) is 10.2. The third-order valence-electron chi connectivity index (χ3n) is 3.32. The van der Waals surface area contributed by atoms with Gasteiger partial charge < -0.3 is 10.5 Å². The molecule has 0 aliphatic carbocycles. The van der Waals surface area contributed by atoms with Crippen LogP contribution in [0.1, 0.15) is 29.4 Å². The average molecular weight is 259 g/mol. The Hall–Kier alpha value is -1.81. The molecule has 0 saturated heterocycles. The second-order valence-electron chi connectivity index (χ2n) is 4.83. The summed E-state index contributed by atoms with van der Waals surface area (Å²) in [6.45, 7) is 1.99. The van der Waals surface area contributed by atoms with Gasteiger partial charge in [0.15, 0.2) is 0 Å². The predicted molar refractivity (Wildman–Crippen MR) is 76.2 cm³/mol. The molecule has 19 heavy (non-hydrogen) atoms. The van der Waals surface area contributed by atoms with Crippen molar-refractivity contribution in [2.75, 3.05) is 7.11 Å². The normalized spacial score (nSPS) is 12.4. The van der Waals surface area contributed by atoms with Crippen LogP contribution in [-0.2, 0) is 13.5 Å². The molecule has 102 valence electrons. The van der Waals surface area contributed by atoms with E-state index in [1.807, 2.05) is 30.8 Å². The van der Waals surface area contributed by atoms with Gasteiger partial charge in [-0.3, -0.25) is 4.68 Å². The van der Waals surface area contributed by atoms with E-state index < -0.39 is 0 Å². The fraction of sp³-hybridized carbons (Fsp3) is 0.400. The van der Waals surface area contributed by atoms with Crippen LogP contribution in [0.25, 0.3) is 0 Å². The van der Waals surface area contributed by atoms with Crippen molar-refractivity contribution in [1.82, 2.24) is 9.78 Å². The van der Waals surface area contributed by atoms with E-state index in [1.54, 1.807) is 7.11 Å². The quantitative estimate of drug-likeness (QED) is 0.897. The summed E-state index contributed by atoms with van der Waals surface area (Å²) in [4.78, 5) is 0. The lowest BCUT2D eigenvalue weighted by Crippen LogP contribution is -2.15. The number of nitrogens with two attached hydrogens (primary N) is 1. The number of nitrogens with zero attached hydrogens (tertiary/aromatic N) is 2. The molecule has 1 atom stereocenters. The van der Waals surface area contributed by atoms with Gasteiger partial charge in [0.1, 0.15) is 5.75 Å². The molecule has 0 fully saturated rings. The van der Waals surface area contributed by atoms with Crippen molar-refractivity contribution < 1.29 is 4.74 Å². The van der Waals surface area contributed by atoms with Gasteiger partial charge in [-0.25, -0.2) is 0 Å². The summed E-state index contributed by atoms with van der Waals surface area (Å²) in [5.41, 5.74) is 9.60. The van der Waals surface area contributed by atoms with Crippen molar-refractivity contribution >= 4 is 0 Å². The monoisotopic (exact) mass is 259 g/mol. The van der Waals surface area contributed by atoms with Gasteiger partial charge >= 0.3 is 0 Å². The largest absolute Gasteiger partial charge is 0.497 e. The van der Waals surface area contributed by atoms with Crippen LogP contribution in [0.15, 0.2) is 30.3 Å². The SMILES string of the molecule is COc1ccc(CCC(N)c2cc(C)nn2C)cc1. The van der Waals surface area contributed by atoms with Gasteiger partial charge in [-0.15, -0.1) is 0 Å². The van der Waals surface area contributed by atoms with Crippen molar-refractivity contribution in [2.24, 2.45) is 12.8 Å². The van der Waals surface area contributed by atoms with Crippen LogP contribution in [0.5, 0.6) is 5.75 Å². The number of aromatic nitrogens is 2. The van der Waals surface area contributed by atoms with Crippen LogP contribution in [-0.4, -0.2) is 16.9 Å². The molecule has 0 aliphatic rings. The Morgan fingerprint density at radius 3 is 2.53 bits per heavy atom. The number of methoxy groups -OCH3 is 1. The Morgan fingerprint density at radius 2 is 2.00 bits per heavy atom. The first-order chi connectivity index (χ1) is 9.10. The smallest absolute Gasteiger partial charge is 0.118 e. The van der Waals surface area contributed by atoms with E-state index in [4.69, 9.17) is 10.5 Å². The summed E-state index contributed by atoms with van der Waals surface area (Å²) in [7, 11) is 3.62. The van der Waals surface area contributed by atoms with E-state index in [9.17, 15) is 0 Å². The standard InChI is InChI=1S/C15H21N3O/c1-11-10-15(18(2)17-11)14(16)9-6-12-4-7-13(19-3)8-5-12/h4-5,7-8,10,14H,6,9,16H2,1-3H3. The van der Waals surface area contributed by atoms with Gasteiger partial charge in [0, 0.05) is 13.1 Å². The molecular weight excluding hydrogens is 238 g/mol. The number of benzene rings is 1. The second-order valence-corrected chi connectivity index (χ2v) is 4.83. The van der Waals surface area contributed by atoms with Gasteiger partial charge in [0.05, 0.1) is 18.5 Å². The molecule has 4 nitrogen and oxygen atoms in total. The average Bonchev–Trinajstić information content (AvgIpc) is 2.75. The Balaban J connectivity index is 1.96. The lowest BCUT2D eigenvalue weighted by molar-refractivity contribution is 0.414. The lowest BCUT2D eigenvalue weighted by Gasteiger charge is -2.12. The molecule has 0 spiro atoms. The molecule has 0 bridgehead atoms. The van der Waals surface area contributed by atoms with Crippen LogP contribution in [0.4, 0.5) is 0 Å². The Bertz CT molecular complexity index is 531. The zero-order valence-corrected chi connectivity index (χ0v) is 11.8. The van der Waals surface area contributed by atoms with E-state index in [-0.39, 0.29) is 6.04 Å². The Kier molecular flexibility index (Phi) is 4.22. The summed E-state index contributed by atoms with van der Waals surface area (Å²) in [5, 5.41) is 4.33. The first kappa shape index (κ1) is 13.6. The highest BCUT2D eigenvalue weighted by molar-refractivity contribution is 5.27. The van der Waals surface area contributed by atoms with Gasteiger partial charge in [0.2, 0.25) is 0 Å². The summed E-state index contributed by atoms with van der Waals surface area (Å²) in [6.07, 6.45) is 1.86. The zero-order valence-electron chi connectivity index (χ0n) is 11.8. The third kappa shape index (κ3) is 3.35. The topological polar surface area (TPSA) is 53.1 Å². The highest BCUT2D eigenvalue weighted by Gasteiger charge is 2.11. The molecule has 2 N–H and O–H groups in total. The van der Waals surface area contributed by atoms with Crippen molar-refractivity contribution in [3.05, 3.63) is 47.3 Å². The number of aryl methyl sites for hydroxylation is 3. The molecule has 0 amide bonds. The summed E-state index contributed by atoms with van der Waals surface area (Å²) in [5.74, 6) is 0.885. The Labute approximate surface area is 114 Å². The lowest BCUT2D eigenvalue weighted by atomic mass is 10.0. The highest BCUT2D eigenvalue weighted by atomic mass is 16.5. The number of ether oxygens (including phenoxy) is 1. The van der Waals surface area contributed by atoms with Crippen molar-refractivity contribution in [2.45, 2.75) is 25.8 Å². The van der Waals surface area contributed by atoms with Crippen LogP contribution in [0, 0.1) is 6.92 Å². The maximum Gasteiger partial charge on any atom is 0.118 e. The van der Waals surface area contributed by atoms with Crippen molar-refractivity contribution in [3.63, 3.8) is 0 Å². The molecule has 1 aromatic heterocycles. The van der Waals surface area contributed by atoms with Crippen LogP contribution in [0.2, 0.25) is 0 Å². The number of rotatable bonds is 5. The molecule has 2 aromatic rings. The molecule has 1 unspecified atom stereocenters. The zero-order chi connectivity index (χ0) is 13.8. The minimum Gasteiger partial charge on any atom is -0.497 e. The highest BCUT2D eigenvalue weighted by Crippen LogP contribution is 2.18. The van der Waals surface area contributed by atoms with Crippen LogP contribution in [0.3, 0.4) is 0 Å². The van der Waals surface area contributed by atoms with E-state index in [1.165, 1.54) is 5.56 Å².